The first kappa shape index (κ1) is 13.4. The summed E-state index contributed by atoms with van der Waals surface area (Å²) < 4.78 is 5.34. The molecule has 2 rings (SSSR count). The van der Waals surface area contributed by atoms with E-state index in [0.29, 0.717) is 11.7 Å². The van der Waals surface area contributed by atoms with E-state index in [1.807, 2.05) is 0 Å². The maximum absolute atomic E-state index is 12.1. The van der Waals surface area contributed by atoms with Crippen LogP contribution in [0.1, 0.15) is 35.0 Å². The fraction of sp³-hybridized carbons (Fsp3) is 0.250. The molecular formula is C12H13ClN4O2. The van der Waals surface area contributed by atoms with E-state index in [4.69, 9.17) is 21.8 Å². The fourth-order valence-corrected chi connectivity index (χ4v) is 1.70. The minimum Gasteiger partial charge on any atom is -0.444 e. The second kappa shape index (κ2) is 5.27. The first-order valence-corrected chi connectivity index (χ1v) is 5.99. The molecule has 2 aromatic heterocycles. The van der Waals surface area contributed by atoms with Crippen molar-refractivity contribution in [3.05, 3.63) is 40.8 Å². The molecule has 2 heterocycles. The van der Waals surface area contributed by atoms with Gasteiger partial charge in [-0.25, -0.2) is 9.97 Å². The number of anilines is 1. The molecule has 0 aliphatic heterocycles. The molecule has 0 aliphatic carbocycles. The predicted octanol–water partition coefficient (Wildman–Crippen LogP) is 2.10. The summed E-state index contributed by atoms with van der Waals surface area (Å²) in [4.78, 5) is 19.9. The van der Waals surface area contributed by atoms with Gasteiger partial charge >= 0.3 is 0 Å². The van der Waals surface area contributed by atoms with Gasteiger partial charge in [-0.2, -0.15) is 0 Å². The molecule has 2 aromatic rings. The molecule has 1 amide bonds. The number of nitrogens with two attached hydrogens (primary N) is 1. The minimum absolute atomic E-state index is 0.207. The lowest BCUT2D eigenvalue weighted by Crippen LogP contribution is -2.27. The molecule has 0 saturated carbocycles. The molecule has 1 unspecified atom stereocenters. The zero-order chi connectivity index (χ0) is 14.0. The smallest absolute Gasteiger partial charge is 0.254 e. The number of amides is 1. The van der Waals surface area contributed by atoms with Crippen molar-refractivity contribution in [3.8, 4) is 0 Å². The van der Waals surface area contributed by atoms with Crippen molar-refractivity contribution in [3.63, 3.8) is 0 Å². The maximum Gasteiger partial charge on any atom is 0.254 e. The van der Waals surface area contributed by atoms with Gasteiger partial charge in [0.2, 0.25) is 5.89 Å². The molecule has 0 spiro atoms. The van der Waals surface area contributed by atoms with Crippen molar-refractivity contribution in [1.82, 2.24) is 15.3 Å². The van der Waals surface area contributed by atoms with Gasteiger partial charge in [0.25, 0.3) is 5.91 Å². The Hall–Kier alpha value is -2.08. The molecule has 0 fully saturated rings. The van der Waals surface area contributed by atoms with Gasteiger partial charge in [0.1, 0.15) is 17.0 Å². The summed E-state index contributed by atoms with van der Waals surface area (Å²) in [7, 11) is 0. The van der Waals surface area contributed by atoms with Crippen molar-refractivity contribution in [2.75, 3.05) is 5.73 Å². The van der Waals surface area contributed by atoms with E-state index in [0.717, 1.165) is 0 Å². The van der Waals surface area contributed by atoms with E-state index in [2.05, 4.69) is 15.3 Å². The second-order valence-corrected chi connectivity index (χ2v) is 4.49. The quantitative estimate of drug-likeness (QED) is 0.840. The molecule has 19 heavy (non-hydrogen) atoms. The highest BCUT2D eigenvalue weighted by molar-refractivity contribution is 6.29. The number of halogens is 1. The molecule has 100 valence electrons. The van der Waals surface area contributed by atoms with Crippen LogP contribution in [0, 0.1) is 6.92 Å². The molecule has 7 heteroatoms. The number of nitrogen functional groups attached to an aromatic ring is 1. The first-order valence-electron chi connectivity index (χ1n) is 5.61. The lowest BCUT2D eigenvalue weighted by atomic mass is 10.2. The van der Waals surface area contributed by atoms with Gasteiger partial charge in [-0.05, 0) is 19.9 Å². The minimum atomic E-state index is -0.368. The monoisotopic (exact) mass is 280 g/mol. The Morgan fingerprint density at radius 2 is 2.21 bits per heavy atom. The van der Waals surface area contributed by atoms with Crippen LogP contribution in [-0.2, 0) is 0 Å². The predicted molar refractivity (Wildman–Crippen MR) is 70.8 cm³/mol. The Bertz CT molecular complexity index is 612. The summed E-state index contributed by atoms with van der Waals surface area (Å²) >= 11 is 5.74. The Morgan fingerprint density at radius 3 is 2.84 bits per heavy atom. The van der Waals surface area contributed by atoms with Crippen LogP contribution in [0.4, 0.5) is 5.69 Å². The van der Waals surface area contributed by atoms with Crippen LogP contribution in [0.2, 0.25) is 5.15 Å². The van der Waals surface area contributed by atoms with Gasteiger partial charge in [-0.3, -0.25) is 4.79 Å². The lowest BCUT2D eigenvalue weighted by molar-refractivity contribution is 0.0934. The number of nitrogens with zero attached hydrogens (tertiary/aromatic N) is 2. The maximum atomic E-state index is 12.1. The Morgan fingerprint density at radius 1 is 1.47 bits per heavy atom. The fourth-order valence-electron chi connectivity index (χ4n) is 1.55. The Labute approximate surface area is 115 Å². The van der Waals surface area contributed by atoms with Gasteiger partial charge in [0, 0.05) is 0 Å². The van der Waals surface area contributed by atoms with Crippen LogP contribution in [0.5, 0.6) is 0 Å². The van der Waals surface area contributed by atoms with E-state index < -0.39 is 0 Å². The van der Waals surface area contributed by atoms with Crippen LogP contribution in [0.3, 0.4) is 0 Å². The van der Waals surface area contributed by atoms with Crippen LogP contribution in [-0.4, -0.2) is 15.9 Å². The van der Waals surface area contributed by atoms with Gasteiger partial charge in [0.15, 0.2) is 0 Å². The highest BCUT2D eigenvalue weighted by Crippen LogP contribution is 2.17. The SMILES string of the molecule is Cc1cnc(C(C)NC(=O)c2cc(Cl)ncc2N)o1. The van der Waals surface area contributed by atoms with E-state index >= 15 is 0 Å². The van der Waals surface area contributed by atoms with Crippen LogP contribution < -0.4 is 11.1 Å². The van der Waals surface area contributed by atoms with Crippen LogP contribution in [0.15, 0.2) is 22.9 Å². The molecule has 6 nitrogen and oxygen atoms in total. The van der Waals surface area contributed by atoms with E-state index in [1.54, 1.807) is 20.0 Å². The topological polar surface area (TPSA) is 94.0 Å². The van der Waals surface area contributed by atoms with Gasteiger partial charge in [0.05, 0.1) is 23.6 Å². The molecule has 3 N–H and O–H groups in total. The Kier molecular flexibility index (Phi) is 3.71. The summed E-state index contributed by atoms with van der Waals surface area (Å²) in [5.41, 5.74) is 6.22. The van der Waals surface area contributed by atoms with Crippen molar-refractivity contribution in [2.24, 2.45) is 0 Å². The molecule has 0 bridgehead atoms. The number of carbonyl (C=O) groups is 1. The average molecular weight is 281 g/mol. The third-order valence-electron chi connectivity index (χ3n) is 2.50. The van der Waals surface area contributed by atoms with Crippen LogP contribution in [0.25, 0.3) is 0 Å². The first-order chi connectivity index (χ1) is 8.97. The van der Waals surface area contributed by atoms with Crippen molar-refractivity contribution in [1.29, 1.82) is 0 Å². The number of nitrogens with one attached hydrogen (secondary N) is 1. The van der Waals surface area contributed by atoms with E-state index in [-0.39, 0.29) is 28.4 Å². The zero-order valence-electron chi connectivity index (χ0n) is 10.5. The van der Waals surface area contributed by atoms with Crippen molar-refractivity contribution >= 4 is 23.2 Å². The number of pyridine rings is 1. The molecule has 0 aliphatic rings. The van der Waals surface area contributed by atoms with Gasteiger partial charge < -0.3 is 15.5 Å². The number of carbonyl (C=O) groups excluding carboxylic acids is 1. The van der Waals surface area contributed by atoms with Crippen molar-refractivity contribution in [2.45, 2.75) is 19.9 Å². The molecule has 0 aromatic carbocycles. The van der Waals surface area contributed by atoms with Gasteiger partial charge in [-0.15, -0.1) is 0 Å². The van der Waals surface area contributed by atoms with E-state index in [9.17, 15) is 4.79 Å². The lowest BCUT2D eigenvalue weighted by Gasteiger charge is -2.11. The number of aryl methyl sites for hydroxylation is 1. The molecule has 0 saturated heterocycles. The van der Waals surface area contributed by atoms with Gasteiger partial charge in [-0.1, -0.05) is 11.6 Å². The highest BCUT2D eigenvalue weighted by atomic mass is 35.5. The van der Waals surface area contributed by atoms with E-state index in [1.165, 1.54) is 12.3 Å². The summed E-state index contributed by atoms with van der Waals surface area (Å²) in [6.07, 6.45) is 2.94. The third kappa shape index (κ3) is 3.03. The number of oxazole rings is 1. The largest absolute Gasteiger partial charge is 0.444 e. The highest BCUT2D eigenvalue weighted by Gasteiger charge is 2.17. The molecule has 0 radical (unpaired) electrons. The zero-order valence-corrected chi connectivity index (χ0v) is 11.2. The molecule has 1 atom stereocenters. The summed E-state index contributed by atoms with van der Waals surface area (Å²) in [6.45, 7) is 3.55. The van der Waals surface area contributed by atoms with Crippen LogP contribution >= 0.6 is 11.6 Å². The standard InChI is InChI=1S/C12H13ClN4O2/c1-6-4-16-12(19-6)7(2)17-11(18)8-3-10(13)15-5-9(8)14/h3-5,7H,14H2,1-2H3,(H,17,18). The van der Waals surface area contributed by atoms with Crippen molar-refractivity contribution < 1.29 is 9.21 Å². The number of hydrogen-bond donors (Lipinski definition) is 2. The summed E-state index contributed by atoms with van der Waals surface area (Å²) in [5, 5.41) is 2.94. The Balaban J connectivity index is 2.15. The second-order valence-electron chi connectivity index (χ2n) is 4.10. The normalized spacial score (nSPS) is 12.2. The average Bonchev–Trinajstić information content (AvgIpc) is 2.79. The number of rotatable bonds is 3. The molecular weight excluding hydrogens is 268 g/mol. The summed E-state index contributed by atoms with van der Waals surface area (Å²) in [5.74, 6) is 0.761. The third-order valence-corrected chi connectivity index (χ3v) is 2.71. The summed E-state index contributed by atoms with van der Waals surface area (Å²) in [6, 6.07) is 1.05. The number of aromatic nitrogens is 2. The number of hydrogen-bond acceptors (Lipinski definition) is 5.